The highest BCUT2D eigenvalue weighted by Gasteiger charge is 2.23. The van der Waals surface area contributed by atoms with Gasteiger partial charge in [-0.15, -0.1) is 0 Å². The third kappa shape index (κ3) is 10.6. The van der Waals surface area contributed by atoms with Crippen LogP contribution in [0.2, 0.25) is 0 Å². The van der Waals surface area contributed by atoms with Crippen LogP contribution in [0.5, 0.6) is 0 Å². The number of hydrogen-bond donors (Lipinski definition) is 1. The summed E-state index contributed by atoms with van der Waals surface area (Å²) in [4.78, 5) is 23.0. The lowest BCUT2D eigenvalue weighted by atomic mass is 9.90. The molecule has 0 aromatic heterocycles. The number of amides is 1. The Hall–Kier alpha value is -1.10. The normalized spacial score (nSPS) is 14.5. The Balaban J connectivity index is 4.39. The molecule has 5 heteroatoms. The zero-order chi connectivity index (χ0) is 17.2. The third-order valence-corrected chi connectivity index (χ3v) is 3.34. The van der Waals surface area contributed by atoms with Gasteiger partial charge in [-0.25, -0.2) is 4.79 Å². The number of rotatable bonds is 10. The molecule has 0 saturated heterocycles. The lowest BCUT2D eigenvalue weighted by Gasteiger charge is -2.25. The van der Waals surface area contributed by atoms with Gasteiger partial charge in [0.05, 0.1) is 6.04 Å². The first-order chi connectivity index (χ1) is 10.2. The molecule has 0 fully saturated rings. The van der Waals surface area contributed by atoms with Gasteiger partial charge in [0, 0.05) is 13.2 Å². The van der Waals surface area contributed by atoms with E-state index in [-0.39, 0.29) is 5.92 Å². The molecule has 2 atom stereocenters. The molecular weight excluding hydrogens is 282 g/mol. The largest absolute Gasteiger partial charge is 0.444 e. The minimum absolute atomic E-state index is 0.224. The van der Waals surface area contributed by atoms with Gasteiger partial charge >= 0.3 is 6.09 Å². The molecule has 0 aliphatic heterocycles. The van der Waals surface area contributed by atoms with E-state index in [0.29, 0.717) is 18.9 Å². The van der Waals surface area contributed by atoms with Gasteiger partial charge in [-0.2, -0.15) is 0 Å². The van der Waals surface area contributed by atoms with E-state index in [9.17, 15) is 9.59 Å². The highest BCUT2D eigenvalue weighted by atomic mass is 16.6. The van der Waals surface area contributed by atoms with E-state index in [4.69, 9.17) is 9.47 Å². The van der Waals surface area contributed by atoms with Crippen molar-refractivity contribution in [3.63, 3.8) is 0 Å². The van der Waals surface area contributed by atoms with E-state index < -0.39 is 17.7 Å². The van der Waals surface area contributed by atoms with Crippen LogP contribution in [0.4, 0.5) is 4.79 Å². The minimum atomic E-state index is -0.571. The Bertz CT molecular complexity index is 323. The fourth-order valence-electron chi connectivity index (χ4n) is 1.95. The number of hydrogen-bond acceptors (Lipinski definition) is 4. The zero-order valence-electron chi connectivity index (χ0n) is 15.0. The molecule has 0 bridgehead atoms. The lowest BCUT2D eigenvalue weighted by Crippen LogP contribution is -2.41. The zero-order valence-corrected chi connectivity index (χ0v) is 15.0. The molecule has 0 aromatic rings. The molecule has 0 aliphatic rings. The average molecular weight is 315 g/mol. The van der Waals surface area contributed by atoms with Gasteiger partial charge in [0.1, 0.15) is 11.9 Å². The molecule has 1 amide bonds. The highest BCUT2D eigenvalue weighted by Crippen LogP contribution is 2.18. The molecule has 0 rings (SSSR count). The van der Waals surface area contributed by atoms with Gasteiger partial charge < -0.3 is 19.6 Å². The van der Waals surface area contributed by atoms with Crippen LogP contribution in [0.3, 0.4) is 0 Å². The highest BCUT2D eigenvalue weighted by molar-refractivity contribution is 5.73. The second-order valence-corrected chi connectivity index (χ2v) is 7.06. The predicted octanol–water partition coefficient (Wildman–Crippen LogP) is 3.56. The molecule has 0 aromatic carbocycles. The van der Waals surface area contributed by atoms with Crippen molar-refractivity contribution in [1.82, 2.24) is 5.32 Å². The van der Waals surface area contributed by atoms with Crippen molar-refractivity contribution in [2.24, 2.45) is 11.8 Å². The number of nitrogens with one attached hydrogen (secondary N) is 1. The van der Waals surface area contributed by atoms with Gasteiger partial charge in [-0.1, -0.05) is 27.2 Å². The average Bonchev–Trinajstić information content (AvgIpc) is 2.38. The molecule has 0 radical (unpaired) electrons. The second kappa shape index (κ2) is 10.6. The minimum Gasteiger partial charge on any atom is -0.444 e. The van der Waals surface area contributed by atoms with E-state index in [1.54, 1.807) is 20.8 Å². The van der Waals surface area contributed by atoms with Crippen LogP contribution >= 0.6 is 0 Å². The molecule has 0 aliphatic carbocycles. The smallest absolute Gasteiger partial charge is 0.408 e. The van der Waals surface area contributed by atoms with Crippen molar-refractivity contribution < 1.29 is 19.1 Å². The lowest BCUT2D eigenvalue weighted by molar-refractivity contribution is -0.110. The van der Waals surface area contributed by atoms with Crippen LogP contribution < -0.4 is 5.32 Å². The molecule has 5 nitrogen and oxygen atoms in total. The standard InChI is InChI=1S/C17H33NO4/c1-7-8-9-21-12-14(13(2)3)10-15(11-19)18-16(20)22-17(4,5)6/h11,13-15H,7-10,12H2,1-6H3,(H,18,20)/t14-,15+/m1/s1. The van der Waals surface area contributed by atoms with E-state index >= 15 is 0 Å². The summed E-state index contributed by atoms with van der Waals surface area (Å²) in [6.07, 6.45) is 2.92. The van der Waals surface area contributed by atoms with Gasteiger partial charge in [0.2, 0.25) is 0 Å². The number of unbranched alkanes of at least 4 members (excludes halogenated alkanes) is 1. The Morgan fingerprint density at radius 3 is 2.36 bits per heavy atom. The second-order valence-electron chi connectivity index (χ2n) is 7.06. The number of alkyl carbamates (subject to hydrolysis) is 1. The van der Waals surface area contributed by atoms with Crippen LogP contribution in [-0.4, -0.2) is 37.2 Å². The summed E-state index contributed by atoms with van der Waals surface area (Å²) >= 11 is 0. The number of carbonyl (C=O) groups excluding carboxylic acids is 2. The third-order valence-electron chi connectivity index (χ3n) is 3.34. The summed E-state index contributed by atoms with van der Waals surface area (Å²) in [5, 5.41) is 2.63. The van der Waals surface area contributed by atoms with E-state index in [2.05, 4.69) is 26.1 Å². The Kier molecular flexibility index (Phi) is 10.1. The quantitative estimate of drug-likeness (QED) is 0.494. The van der Waals surface area contributed by atoms with Crippen molar-refractivity contribution in [3.05, 3.63) is 0 Å². The van der Waals surface area contributed by atoms with Gasteiger partial charge in [0.25, 0.3) is 0 Å². The Morgan fingerprint density at radius 1 is 1.27 bits per heavy atom. The van der Waals surface area contributed by atoms with Crippen LogP contribution in [0, 0.1) is 11.8 Å². The van der Waals surface area contributed by atoms with Crippen LogP contribution in [-0.2, 0) is 14.3 Å². The molecule has 1 N–H and O–H groups in total. The number of ether oxygens (including phenoxy) is 2. The first-order valence-corrected chi connectivity index (χ1v) is 8.22. The SMILES string of the molecule is CCCCOC[C@@H](C[C@@H](C=O)NC(=O)OC(C)(C)C)C(C)C. The first-order valence-electron chi connectivity index (χ1n) is 8.22. The summed E-state index contributed by atoms with van der Waals surface area (Å²) < 4.78 is 10.9. The van der Waals surface area contributed by atoms with Crippen molar-refractivity contribution >= 4 is 12.4 Å². The number of carbonyl (C=O) groups is 2. The topological polar surface area (TPSA) is 64.6 Å². The summed E-state index contributed by atoms with van der Waals surface area (Å²) in [5.41, 5.74) is -0.571. The van der Waals surface area contributed by atoms with Gasteiger partial charge in [-0.05, 0) is 45.4 Å². The molecule has 22 heavy (non-hydrogen) atoms. The summed E-state index contributed by atoms with van der Waals surface area (Å²) in [7, 11) is 0. The maximum absolute atomic E-state index is 11.8. The summed E-state index contributed by atoms with van der Waals surface area (Å²) in [6.45, 7) is 13.1. The monoisotopic (exact) mass is 315 g/mol. The fraction of sp³-hybridized carbons (Fsp3) is 0.882. The Morgan fingerprint density at radius 2 is 1.91 bits per heavy atom. The fourth-order valence-corrected chi connectivity index (χ4v) is 1.95. The van der Waals surface area contributed by atoms with Gasteiger partial charge in [-0.3, -0.25) is 0 Å². The maximum atomic E-state index is 11.8. The molecule has 0 spiro atoms. The van der Waals surface area contributed by atoms with E-state index in [0.717, 1.165) is 25.7 Å². The maximum Gasteiger partial charge on any atom is 0.408 e. The summed E-state index contributed by atoms with van der Waals surface area (Å²) in [6, 6.07) is -0.544. The molecule has 0 heterocycles. The van der Waals surface area contributed by atoms with E-state index in [1.807, 2.05) is 0 Å². The van der Waals surface area contributed by atoms with E-state index in [1.165, 1.54) is 0 Å². The van der Waals surface area contributed by atoms with Crippen molar-refractivity contribution in [2.45, 2.75) is 72.4 Å². The summed E-state index contributed by atoms with van der Waals surface area (Å²) in [5.74, 6) is 0.603. The van der Waals surface area contributed by atoms with Crippen LogP contribution in [0.15, 0.2) is 0 Å². The molecular formula is C17H33NO4. The predicted molar refractivity (Wildman–Crippen MR) is 87.9 cm³/mol. The van der Waals surface area contributed by atoms with Gasteiger partial charge in [0.15, 0.2) is 0 Å². The Labute approximate surface area is 135 Å². The molecule has 0 unspecified atom stereocenters. The number of aldehydes is 1. The van der Waals surface area contributed by atoms with Crippen molar-refractivity contribution in [2.75, 3.05) is 13.2 Å². The molecule has 0 saturated carbocycles. The van der Waals surface area contributed by atoms with Crippen LogP contribution in [0.25, 0.3) is 0 Å². The van der Waals surface area contributed by atoms with Crippen LogP contribution in [0.1, 0.15) is 60.8 Å². The van der Waals surface area contributed by atoms with Crippen molar-refractivity contribution in [3.8, 4) is 0 Å². The molecule has 130 valence electrons. The first kappa shape index (κ1) is 20.9. The van der Waals surface area contributed by atoms with Crippen molar-refractivity contribution in [1.29, 1.82) is 0 Å².